The van der Waals surface area contributed by atoms with Crippen molar-refractivity contribution < 1.29 is 32.5 Å². The Hall–Kier alpha value is -4.95. The van der Waals surface area contributed by atoms with E-state index < -0.39 is 16.0 Å². The van der Waals surface area contributed by atoms with Gasteiger partial charge in [0.15, 0.2) is 5.82 Å². The fourth-order valence-electron chi connectivity index (χ4n) is 4.22. The molecule has 0 atom stereocenters. The molecule has 0 saturated heterocycles. The molecule has 12 nitrogen and oxygen atoms in total. The van der Waals surface area contributed by atoms with E-state index in [0.29, 0.717) is 33.5 Å². The monoisotopic (exact) mass is 621 g/mol. The molecule has 3 aromatic heterocycles. The Morgan fingerprint density at radius 3 is 2.49 bits per heavy atom. The summed E-state index contributed by atoms with van der Waals surface area (Å²) in [5.74, 6) is -0.612. The molecule has 222 valence electrons. The molecule has 0 aliphatic rings. The summed E-state index contributed by atoms with van der Waals surface area (Å²) in [5, 5.41) is 16.7. The summed E-state index contributed by atoms with van der Waals surface area (Å²) in [7, 11) is -1.20. The van der Waals surface area contributed by atoms with Crippen LogP contribution in [0.3, 0.4) is 0 Å². The zero-order valence-corrected chi connectivity index (χ0v) is 25.1. The summed E-state index contributed by atoms with van der Waals surface area (Å²) in [5.41, 5.74) is 2.31. The number of rotatable bonds is 11. The van der Waals surface area contributed by atoms with E-state index in [1.807, 2.05) is 13.8 Å². The van der Waals surface area contributed by atoms with E-state index in [2.05, 4.69) is 25.0 Å². The highest BCUT2D eigenvalue weighted by atomic mass is 32.2. The number of benzene rings is 2. The Balaban J connectivity index is 1.66. The van der Waals surface area contributed by atoms with E-state index >= 15 is 0 Å². The van der Waals surface area contributed by atoms with Gasteiger partial charge in [0, 0.05) is 28.7 Å². The number of ether oxygens (including phenoxy) is 3. The van der Waals surface area contributed by atoms with Gasteiger partial charge in [-0.1, -0.05) is 12.1 Å². The summed E-state index contributed by atoms with van der Waals surface area (Å²) in [6.45, 7) is 3.62. The fourth-order valence-corrected chi connectivity index (χ4v) is 6.06. The average molecular weight is 622 g/mol. The van der Waals surface area contributed by atoms with Gasteiger partial charge in [-0.3, -0.25) is 4.72 Å². The summed E-state index contributed by atoms with van der Waals surface area (Å²) in [6.07, 6.45) is 1.33. The molecule has 14 heteroatoms. The number of methoxy groups -OCH3 is 2. The van der Waals surface area contributed by atoms with Crippen molar-refractivity contribution in [3.05, 3.63) is 71.1 Å². The van der Waals surface area contributed by atoms with E-state index in [9.17, 15) is 18.3 Å². The van der Waals surface area contributed by atoms with E-state index in [-0.39, 0.29) is 40.0 Å². The molecule has 5 rings (SSSR count). The van der Waals surface area contributed by atoms with Gasteiger partial charge in [-0.2, -0.15) is 16.3 Å². The van der Waals surface area contributed by atoms with Gasteiger partial charge >= 0.3 is 12.0 Å². The van der Waals surface area contributed by atoms with Gasteiger partial charge in [-0.25, -0.2) is 23.2 Å². The number of aromatic nitrogens is 3. The average Bonchev–Trinajstić information content (AvgIpc) is 3.48. The molecular formula is C29H27N5O7S2. The first-order valence-electron chi connectivity index (χ1n) is 12.8. The maximum atomic E-state index is 13.6. The molecule has 2 aromatic carbocycles. The van der Waals surface area contributed by atoms with Crippen LogP contribution < -0.4 is 24.2 Å². The maximum absolute atomic E-state index is 13.6. The molecule has 5 aromatic rings. The Bertz CT molecular complexity index is 1910. The van der Waals surface area contributed by atoms with Crippen LogP contribution in [-0.2, 0) is 10.0 Å². The molecule has 0 unspecified atom stereocenters. The first kappa shape index (κ1) is 29.5. The number of aromatic carboxylic acids is 1. The van der Waals surface area contributed by atoms with Crippen molar-refractivity contribution >= 4 is 55.4 Å². The molecule has 0 saturated carbocycles. The van der Waals surface area contributed by atoms with E-state index in [1.54, 1.807) is 47.3 Å². The van der Waals surface area contributed by atoms with Gasteiger partial charge in [0.05, 0.1) is 42.7 Å². The van der Waals surface area contributed by atoms with E-state index in [1.165, 1.54) is 43.8 Å². The number of fused-ring (bicyclic) bond motifs is 1. The van der Waals surface area contributed by atoms with Crippen molar-refractivity contribution in [3.8, 4) is 28.8 Å². The van der Waals surface area contributed by atoms with Crippen LogP contribution in [0.1, 0.15) is 24.2 Å². The Morgan fingerprint density at radius 1 is 1.00 bits per heavy atom. The van der Waals surface area contributed by atoms with Crippen LogP contribution in [0.15, 0.2) is 70.4 Å². The summed E-state index contributed by atoms with van der Waals surface area (Å²) >= 11 is 1.34. The van der Waals surface area contributed by atoms with Gasteiger partial charge in [-0.05, 0) is 55.1 Å². The Morgan fingerprint density at radius 2 is 1.81 bits per heavy atom. The van der Waals surface area contributed by atoms with Crippen LogP contribution >= 0.6 is 11.3 Å². The van der Waals surface area contributed by atoms with Gasteiger partial charge in [0.25, 0.3) is 10.0 Å². The predicted molar refractivity (Wildman–Crippen MR) is 163 cm³/mol. The number of hydrogen-bond acceptors (Lipinski definition) is 11. The molecule has 0 bridgehead atoms. The normalized spacial score (nSPS) is 11.4. The lowest BCUT2D eigenvalue weighted by molar-refractivity contribution is 0.0696. The molecule has 0 fully saturated rings. The molecular weight excluding hydrogens is 594 g/mol. The van der Waals surface area contributed by atoms with Gasteiger partial charge < -0.3 is 24.6 Å². The van der Waals surface area contributed by atoms with Gasteiger partial charge in [0.2, 0.25) is 5.88 Å². The first-order valence-corrected chi connectivity index (χ1v) is 15.3. The van der Waals surface area contributed by atoms with Crippen LogP contribution in [0.2, 0.25) is 0 Å². The van der Waals surface area contributed by atoms with Crippen molar-refractivity contribution in [1.29, 1.82) is 0 Å². The second-order valence-electron chi connectivity index (χ2n) is 9.48. The van der Waals surface area contributed by atoms with Crippen molar-refractivity contribution in [2.75, 3.05) is 24.3 Å². The molecule has 3 N–H and O–H groups in total. The second-order valence-corrected chi connectivity index (χ2v) is 11.9. The van der Waals surface area contributed by atoms with Crippen molar-refractivity contribution in [1.82, 2.24) is 15.0 Å². The Labute approximate surface area is 251 Å². The maximum Gasteiger partial charge on any atom is 0.335 e. The summed E-state index contributed by atoms with van der Waals surface area (Å²) in [4.78, 5) is 24.8. The van der Waals surface area contributed by atoms with Crippen molar-refractivity contribution in [3.63, 3.8) is 0 Å². The molecule has 3 heterocycles. The molecule has 43 heavy (non-hydrogen) atoms. The highest BCUT2D eigenvalue weighted by Crippen LogP contribution is 2.35. The van der Waals surface area contributed by atoms with Crippen LogP contribution in [0.5, 0.6) is 17.6 Å². The third-order valence-electron chi connectivity index (χ3n) is 6.05. The number of pyridine rings is 1. The zero-order chi connectivity index (χ0) is 30.7. The molecule has 0 aliphatic carbocycles. The number of carbonyl (C=O) groups is 1. The van der Waals surface area contributed by atoms with Crippen LogP contribution in [0.4, 0.5) is 17.2 Å². The minimum absolute atomic E-state index is 0.0247. The molecule has 0 radical (unpaired) electrons. The van der Waals surface area contributed by atoms with E-state index in [4.69, 9.17) is 14.2 Å². The molecule has 0 amide bonds. The van der Waals surface area contributed by atoms with Crippen LogP contribution in [-0.4, -0.2) is 54.8 Å². The van der Waals surface area contributed by atoms with Crippen LogP contribution in [0, 0.1) is 0 Å². The molecule has 0 aliphatic heterocycles. The van der Waals surface area contributed by atoms with Crippen molar-refractivity contribution in [2.45, 2.75) is 24.8 Å². The molecule has 0 spiro atoms. The van der Waals surface area contributed by atoms with Crippen molar-refractivity contribution in [2.24, 2.45) is 0 Å². The lowest BCUT2D eigenvalue weighted by atomic mass is 10.1. The number of carboxylic acid groups (broad SMARTS) is 1. The largest absolute Gasteiger partial charge is 0.491 e. The smallest absolute Gasteiger partial charge is 0.335 e. The quantitative estimate of drug-likeness (QED) is 0.163. The standard InChI is InChI=1S/C29H27N5O7S2/c1-16(2)41-22-10-19(28(35)36)9-21(13-22)31-26-25(43(37,38)34-20-7-8-42-15-20)12-18-6-5-17(11-24(18)32-26)23-14-30-29(40-4)33-27(23)39-3/h5-16,34H,1-4H3,(H,31,32)(H,35,36). The number of thiophene rings is 1. The number of nitrogens with zero attached hydrogens (tertiary/aromatic N) is 3. The first-order chi connectivity index (χ1) is 20.6. The number of hydrogen-bond donors (Lipinski definition) is 3. The van der Waals surface area contributed by atoms with Crippen LogP contribution in [0.25, 0.3) is 22.0 Å². The highest BCUT2D eigenvalue weighted by molar-refractivity contribution is 7.93. The third kappa shape index (κ3) is 6.60. The number of sulfonamides is 1. The predicted octanol–water partition coefficient (Wildman–Crippen LogP) is 5.80. The summed E-state index contributed by atoms with van der Waals surface area (Å²) < 4.78 is 46.1. The fraction of sp³-hybridized carbons (Fsp3) is 0.172. The second kappa shape index (κ2) is 12.1. The number of carboxylic acids is 1. The van der Waals surface area contributed by atoms with Gasteiger partial charge in [0.1, 0.15) is 10.6 Å². The Kier molecular flexibility index (Phi) is 8.32. The van der Waals surface area contributed by atoms with E-state index in [0.717, 1.165) is 0 Å². The third-order valence-corrected chi connectivity index (χ3v) is 8.13. The topological polar surface area (TPSA) is 162 Å². The minimum atomic E-state index is -4.13. The lowest BCUT2D eigenvalue weighted by Crippen LogP contribution is -2.15. The summed E-state index contributed by atoms with van der Waals surface area (Å²) in [6, 6.07) is 12.9. The number of nitrogens with one attached hydrogen (secondary N) is 2. The minimum Gasteiger partial charge on any atom is -0.491 e. The SMILES string of the molecule is COc1ncc(-c2ccc3cc(S(=O)(=O)Nc4ccsc4)c(Nc4cc(OC(C)C)cc(C(=O)O)c4)nc3c2)c(OC)n1. The van der Waals surface area contributed by atoms with Gasteiger partial charge in [-0.15, -0.1) is 0 Å². The highest BCUT2D eigenvalue weighted by Gasteiger charge is 2.23. The number of anilines is 3. The lowest BCUT2D eigenvalue weighted by Gasteiger charge is -2.16. The zero-order valence-electron chi connectivity index (χ0n) is 23.5.